The summed E-state index contributed by atoms with van der Waals surface area (Å²) in [6, 6.07) is 2.75. The molecule has 0 spiro atoms. The minimum atomic E-state index is 0.412. The van der Waals surface area contributed by atoms with E-state index in [1.165, 1.54) is 18.5 Å². The predicted octanol–water partition coefficient (Wildman–Crippen LogP) is 2.10. The SMILES string of the molecule is Cn1nccc1CCNC1CCC(Cl)CC1. The maximum absolute atomic E-state index is 6.08. The van der Waals surface area contributed by atoms with Crippen molar-refractivity contribution in [2.24, 2.45) is 7.05 Å². The molecule has 2 rings (SSSR count). The second-order valence-electron chi connectivity index (χ2n) is 4.60. The highest BCUT2D eigenvalue weighted by molar-refractivity contribution is 6.20. The Kier molecular flexibility index (Phi) is 4.24. The number of nitrogens with zero attached hydrogens (tertiary/aromatic N) is 2. The summed E-state index contributed by atoms with van der Waals surface area (Å²) in [5.41, 5.74) is 1.29. The van der Waals surface area contributed by atoms with Crippen molar-refractivity contribution in [3.63, 3.8) is 0 Å². The molecule has 1 saturated carbocycles. The van der Waals surface area contributed by atoms with Crippen molar-refractivity contribution < 1.29 is 0 Å². The Hall–Kier alpha value is -0.540. The standard InChI is InChI=1S/C12H20ClN3/c1-16-12(7-9-15-16)6-8-14-11-4-2-10(13)3-5-11/h7,9-11,14H,2-6,8H2,1H3. The van der Waals surface area contributed by atoms with Crippen LogP contribution < -0.4 is 5.32 Å². The van der Waals surface area contributed by atoms with Gasteiger partial charge < -0.3 is 5.32 Å². The fourth-order valence-corrected chi connectivity index (χ4v) is 2.56. The van der Waals surface area contributed by atoms with Gasteiger partial charge in [0.25, 0.3) is 0 Å². The molecular weight excluding hydrogens is 222 g/mol. The van der Waals surface area contributed by atoms with Crippen LogP contribution in [0.2, 0.25) is 0 Å². The normalized spacial score (nSPS) is 25.9. The second-order valence-corrected chi connectivity index (χ2v) is 5.22. The molecule has 0 unspecified atom stereocenters. The third-order valence-electron chi connectivity index (χ3n) is 3.39. The van der Waals surface area contributed by atoms with Crippen LogP contribution in [0.25, 0.3) is 0 Å². The largest absolute Gasteiger partial charge is 0.314 e. The molecule has 16 heavy (non-hydrogen) atoms. The van der Waals surface area contributed by atoms with Crippen LogP contribution in [-0.2, 0) is 13.5 Å². The quantitative estimate of drug-likeness (QED) is 0.819. The fraction of sp³-hybridized carbons (Fsp3) is 0.750. The zero-order valence-corrected chi connectivity index (χ0v) is 10.6. The van der Waals surface area contributed by atoms with Gasteiger partial charge in [-0.3, -0.25) is 4.68 Å². The lowest BCUT2D eigenvalue weighted by molar-refractivity contribution is 0.378. The van der Waals surface area contributed by atoms with Gasteiger partial charge in [0.2, 0.25) is 0 Å². The summed E-state index contributed by atoms with van der Waals surface area (Å²) < 4.78 is 1.94. The molecule has 0 radical (unpaired) electrons. The lowest BCUT2D eigenvalue weighted by atomic mass is 9.95. The molecule has 1 N–H and O–H groups in total. The summed E-state index contributed by atoms with van der Waals surface area (Å²) in [6.45, 7) is 1.04. The van der Waals surface area contributed by atoms with Gasteiger partial charge in [-0.15, -0.1) is 11.6 Å². The topological polar surface area (TPSA) is 29.9 Å². The molecule has 90 valence electrons. The first-order chi connectivity index (χ1) is 7.75. The molecule has 1 aliphatic rings. The van der Waals surface area contributed by atoms with E-state index in [4.69, 9.17) is 11.6 Å². The molecule has 3 nitrogen and oxygen atoms in total. The Morgan fingerprint density at radius 2 is 2.19 bits per heavy atom. The zero-order chi connectivity index (χ0) is 11.4. The highest BCUT2D eigenvalue weighted by Gasteiger charge is 2.18. The third-order valence-corrected chi connectivity index (χ3v) is 3.83. The Morgan fingerprint density at radius 3 is 2.81 bits per heavy atom. The molecule has 4 heteroatoms. The summed E-state index contributed by atoms with van der Waals surface area (Å²) in [5.74, 6) is 0. The fourth-order valence-electron chi connectivity index (χ4n) is 2.31. The van der Waals surface area contributed by atoms with Crippen LogP contribution in [0.1, 0.15) is 31.4 Å². The van der Waals surface area contributed by atoms with E-state index in [1.54, 1.807) is 0 Å². The van der Waals surface area contributed by atoms with E-state index in [1.807, 2.05) is 17.9 Å². The van der Waals surface area contributed by atoms with E-state index in [9.17, 15) is 0 Å². The maximum Gasteiger partial charge on any atom is 0.0492 e. The van der Waals surface area contributed by atoms with E-state index < -0.39 is 0 Å². The molecule has 0 bridgehead atoms. The van der Waals surface area contributed by atoms with Crippen molar-refractivity contribution in [2.75, 3.05) is 6.54 Å². The number of hydrogen-bond donors (Lipinski definition) is 1. The minimum Gasteiger partial charge on any atom is -0.314 e. The highest BCUT2D eigenvalue weighted by Crippen LogP contribution is 2.22. The molecule has 0 amide bonds. The van der Waals surface area contributed by atoms with Crippen LogP contribution in [0.4, 0.5) is 0 Å². The summed E-state index contributed by atoms with van der Waals surface area (Å²) >= 11 is 6.08. The van der Waals surface area contributed by atoms with Gasteiger partial charge in [-0.05, 0) is 31.7 Å². The van der Waals surface area contributed by atoms with Gasteiger partial charge in [0.1, 0.15) is 0 Å². The van der Waals surface area contributed by atoms with Gasteiger partial charge in [-0.2, -0.15) is 5.10 Å². The van der Waals surface area contributed by atoms with Gasteiger partial charge in [-0.25, -0.2) is 0 Å². The molecule has 1 aliphatic carbocycles. The number of aryl methyl sites for hydroxylation is 1. The average Bonchev–Trinajstić information content (AvgIpc) is 2.68. The predicted molar refractivity (Wildman–Crippen MR) is 66.8 cm³/mol. The van der Waals surface area contributed by atoms with Crippen molar-refractivity contribution in [1.29, 1.82) is 0 Å². The average molecular weight is 242 g/mol. The van der Waals surface area contributed by atoms with E-state index >= 15 is 0 Å². The Labute approximate surface area is 102 Å². The molecule has 0 saturated heterocycles. The lowest BCUT2D eigenvalue weighted by Gasteiger charge is -2.25. The van der Waals surface area contributed by atoms with Crippen LogP contribution in [0, 0.1) is 0 Å². The Morgan fingerprint density at radius 1 is 1.44 bits per heavy atom. The Balaban J connectivity index is 1.67. The first-order valence-corrected chi connectivity index (χ1v) is 6.53. The Bertz CT molecular complexity index is 316. The smallest absolute Gasteiger partial charge is 0.0492 e. The van der Waals surface area contributed by atoms with Gasteiger partial charge in [-0.1, -0.05) is 0 Å². The van der Waals surface area contributed by atoms with Crippen LogP contribution in [0.15, 0.2) is 12.3 Å². The molecule has 1 aromatic heterocycles. The van der Waals surface area contributed by atoms with Gasteiger partial charge >= 0.3 is 0 Å². The summed E-state index contributed by atoms with van der Waals surface area (Å²) in [5, 5.41) is 8.18. The molecule has 0 aliphatic heterocycles. The lowest BCUT2D eigenvalue weighted by Crippen LogP contribution is -2.34. The first-order valence-electron chi connectivity index (χ1n) is 6.10. The molecule has 1 heterocycles. The van der Waals surface area contributed by atoms with Crippen molar-refractivity contribution in [2.45, 2.75) is 43.5 Å². The van der Waals surface area contributed by atoms with E-state index in [0.717, 1.165) is 25.8 Å². The van der Waals surface area contributed by atoms with Gasteiger partial charge in [0, 0.05) is 43.3 Å². The summed E-state index contributed by atoms with van der Waals surface area (Å²) in [6.07, 6.45) is 7.67. The van der Waals surface area contributed by atoms with Crippen molar-refractivity contribution in [3.8, 4) is 0 Å². The highest BCUT2D eigenvalue weighted by atomic mass is 35.5. The van der Waals surface area contributed by atoms with Crippen LogP contribution in [0.3, 0.4) is 0 Å². The number of rotatable bonds is 4. The number of alkyl halides is 1. The third kappa shape index (κ3) is 3.22. The molecule has 1 aromatic rings. The first kappa shape index (κ1) is 11.9. The van der Waals surface area contributed by atoms with E-state index in [-0.39, 0.29) is 0 Å². The monoisotopic (exact) mass is 241 g/mol. The van der Waals surface area contributed by atoms with E-state index in [0.29, 0.717) is 11.4 Å². The second kappa shape index (κ2) is 5.69. The molecule has 0 atom stereocenters. The minimum absolute atomic E-state index is 0.412. The summed E-state index contributed by atoms with van der Waals surface area (Å²) in [4.78, 5) is 0. The number of nitrogens with one attached hydrogen (secondary N) is 1. The van der Waals surface area contributed by atoms with Crippen molar-refractivity contribution in [3.05, 3.63) is 18.0 Å². The van der Waals surface area contributed by atoms with Crippen LogP contribution in [-0.4, -0.2) is 27.7 Å². The molecular formula is C12H20ClN3. The number of aromatic nitrogens is 2. The van der Waals surface area contributed by atoms with Crippen molar-refractivity contribution >= 4 is 11.6 Å². The van der Waals surface area contributed by atoms with Gasteiger partial charge in [0.05, 0.1) is 0 Å². The van der Waals surface area contributed by atoms with Crippen molar-refractivity contribution in [1.82, 2.24) is 15.1 Å². The molecule has 0 aromatic carbocycles. The maximum atomic E-state index is 6.08. The number of hydrogen-bond acceptors (Lipinski definition) is 2. The molecule has 1 fully saturated rings. The van der Waals surface area contributed by atoms with E-state index in [2.05, 4.69) is 16.5 Å². The summed E-state index contributed by atoms with van der Waals surface area (Å²) in [7, 11) is 1.99. The number of halogens is 1. The zero-order valence-electron chi connectivity index (χ0n) is 9.82. The van der Waals surface area contributed by atoms with Crippen LogP contribution in [0.5, 0.6) is 0 Å². The van der Waals surface area contributed by atoms with Crippen LogP contribution >= 0.6 is 11.6 Å². The van der Waals surface area contributed by atoms with Gasteiger partial charge in [0.15, 0.2) is 0 Å².